The third-order valence-electron chi connectivity index (χ3n) is 5.00. The summed E-state index contributed by atoms with van der Waals surface area (Å²) >= 11 is 0. The Morgan fingerprint density at radius 3 is 2.50 bits per heavy atom. The van der Waals surface area contributed by atoms with E-state index < -0.39 is 29.2 Å². The van der Waals surface area contributed by atoms with Gasteiger partial charge in [0.15, 0.2) is 5.65 Å². The molecule has 1 saturated carbocycles. The van der Waals surface area contributed by atoms with Gasteiger partial charge in [-0.3, -0.25) is 19.1 Å². The van der Waals surface area contributed by atoms with Crippen LogP contribution in [0, 0.1) is 5.92 Å². The molecule has 3 rings (SSSR count). The SMILES string of the molecule is CC(C)Cn1c(=O)[nH]c(=O)c2c(C(=O)N(C)C(C)C(=O)O)cc(C3CC3)nc21. The molecule has 1 aliphatic carbocycles. The minimum Gasteiger partial charge on any atom is -0.480 e. The first-order valence-electron chi connectivity index (χ1n) is 9.29. The number of pyridine rings is 1. The molecule has 2 N–H and O–H groups in total. The van der Waals surface area contributed by atoms with Gasteiger partial charge in [0.25, 0.3) is 11.5 Å². The van der Waals surface area contributed by atoms with Crippen LogP contribution in [0.1, 0.15) is 55.6 Å². The van der Waals surface area contributed by atoms with Crippen molar-refractivity contribution in [3.05, 3.63) is 38.2 Å². The molecule has 0 saturated heterocycles. The van der Waals surface area contributed by atoms with E-state index in [-0.39, 0.29) is 28.4 Å². The number of likely N-dealkylation sites (N-methyl/N-ethyl adjacent to an activating group) is 1. The summed E-state index contributed by atoms with van der Waals surface area (Å²) in [4.78, 5) is 57.2. The van der Waals surface area contributed by atoms with Crippen molar-refractivity contribution < 1.29 is 14.7 Å². The standard InChI is InChI=1S/C19H24N4O5/c1-9(2)8-23-15-14(16(24)21-19(23)28)12(7-13(20-15)11-5-6-11)17(25)22(4)10(3)18(26)27/h7,9-11H,5-6,8H2,1-4H3,(H,26,27)(H,21,24,28). The van der Waals surface area contributed by atoms with Crippen molar-refractivity contribution in [2.24, 2.45) is 5.92 Å². The van der Waals surface area contributed by atoms with E-state index in [1.807, 2.05) is 13.8 Å². The molecule has 2 aromatic heterocycles. The predicted octanol–water partition coefficient (Wildman–Crippen LogP) is 1.16. The van der Waals surface area contributed by atoms with Gasteiger partial charge in [0.1, 0.15) is 6.04 Å². The minimum atomic E-state index is -1.15. The average Bonchev–Trinajstić information content (AvgIpc) is 3.47. The molecule has 0 spiro atoms. The second-order valence-corrected chi connectivity index (χ2v) is 7.76. The van der Waals surface area contributed by atoms with Crippen LogP contribution in [-0.2, 0) is 11.3 Å². The van der Waals surface area contributed by atoms with Crippen molar-refractivity contribution in [2.75, 3.05) is 7.05 Å². The number of hydrogen-bond acceptors (Lipinski definition) is 5. The van der Waals surface area contributed by atoms with Crippen LogP contribution in [0.2, 0.25) is 0 Å². The van der Waals surface area contributed by atoms with E-state index in [1.54, 1.807) is 6.07 Å². The molecule has 9 nitrogen and oxygen atoms in total. The van der Waals surface area contributed by atoms with Crippen molar-refractivity contribution in [3.63, 3.8) is 0 Å². The smallest absolute Gasteiger partial charge is 0.330 e. The molecule has 1 aliphatic rings. The number of H-pyrrole nitrogens is 1. The summed E-state index contributed by atoms with van der Waals surface area (Å²) in [5, 5.41) is 9.24. The van der Waals surface area contributed by atoms with Gasteiger partial charge < -0.3 is 10.0 Å². The van der Waals surface area contributed by atoms with Crippen LogP contribution in [-0.4, -0.2) is 49.5 Å². The molecule has 1 atom stereocenters. The highest BCUT2D eigenvalue weighted by molar-refractivity contribution is 6.06. The van der Waals surface area contributed by atoms with Crippen molar-refractivity contribution in [1.82, 2.24) is 19.4 Å². The van der Waals surface area contributed by atoms with Crippen LogP contribution in [0.3, 0.4) is 0 Å². The van der Waals surface area contributed by atoms with E-state index in [9.17, 15) is 24.3 Å². The number of hydrogen-bond donors (Lipinski definition) is 2. The number of carbonyl (C=O) groups excluding carboxylic acids is 1. The number of aromatic nitrogens is 3. The molecule has 150 valence electrons. The summed E-state index contributed by atoms with van der Waals surface area (Å²) in [6.45, 7) is 5.59. The van der Waals surface area contributed by atoms with E-state index >= 15 is 0 Å². The summed E-state index contributed by atoms with van der Waals surface area (Å²) in [5.74, 6) is -1.45. The molecule has 0 aliphatic heterocycles. The van der Waals surface area contributed by atoms with Crippen LogP contribution >= 0.6 is 0 Å². The molecule has 28 heavy (non-hydrogen) atoms. The van der Waals surface area contributed by atoms with Gasteiger partial charge in [-0.05, 0) is 31.7 Å². The Bertz CT molecular complexity index is 1060. The van der Waals surface area contributed by atoms with E-state index in [2.05, 4.69) is 9.97 Å². The molecule has 1 unspecified atom stereocenters. The Balaban J connectivity index is 2.30. The Labute approximate surface area is 161 Å². The molecular formula is C19H24N4O5. The number of nitrogens with one attached hydrogen (secondary N) is 1. The Kier molecular flexibility index (Phi) is 5.10. The van der Waals surface area contributed by atoms with Crippen molar-refractivity contribution in [1.29, 1.82) is 0 Å². The van der Waals surface area contributed by atoms with Gasteiger partial charge in [-0.15, -0.1) is 0 Å². The van der Waals surface area contributed by atoms with E-state index in [4.69, 9.17) is 0 Å². The van der Waals surface area contributed by atoms with E-state index in [0.717, 1.165) is 17.7 Å². The fourth-order valence-electron chi connectivity index (χ4n) is 3.12. The number of amides is 1. The van der Waals surface area contributed by atoms with Crippen molar-refractivity contribution in [2.45, 2.75) is 52.1 Å². The number of carboxylic acid groups (broad SMARTS) is 1. The number of fused-ring (bicyclic) bond motifs is 1. The van der Waals surface area contributed by atoms with Gasteiger partial charge >= 0.3 is 11.7 Å². The summed E-state index contributed by atoms with van der Waals surface area (Å²) in [7, 11) is 1.38. The van der Waals surface area contributed by atoms with Crippen LogP contribution < -0.4 is 11.2 Å². The molecule has 2 aromatic rings. The topological polar surface area (TPSA) is 125 Å². The Hall–Kier alpha value is -2.97. The molecule has 0 aromatic carbocycles. The van der Waals surface area contributed by atoms with Gasteiger partial charge in [-0.25, -0.2) is 14.6 Å². The fourth-order valence-corrected chi connectivity index (χ4v) is 3.12. The molecule has 9 heteroatoms. The average molecular weight is 388 g/mol. The Morgan fingerprint density at radius 2 is 1.96 bits per heavy atom. The van der Waals surface area contributed by atoms with Gasteiger partial charge in [-0.2, -0.15) is 0 Å². The first-order valence-corrected chi connectivity index (χ1v) is 9.29. The second kappa shape index (κ2) is 7.21. The summed E-state index contributed by atoms with van der Waals surface area (Å²) in [6, 6.07) is 0.494. The predicted molar refractivity (Wildman–Crippen MR) is 103 cm³/mol. The normalized spacial score (nSPS) is 15.0. The molecule has 2 heterocycles. The van der Waals surface area contributed by atoms with Crippen LogP contribution in [0.5, 0.6) is 0 Å². The van der Waals surface area contributed by atoms with E-state index in [1.165, 1.54) is 18.5 Å². The largest absolute Gasteiger partial charge is 0.480 e. The lowest BCUT2D eigenvalue weighted by molar-refractivity contribution is -0.141. The van der Waals surface area contributed by atoms with Crippen molar-refractivity contribution in [3.8, 4) is 0 Å². The highest BCUT2D eigenvalue weighted by Gasteiger charge is 2.31. The number of aliphatic carboxylic acids is 1. The highest BCUT2D eigenvalue weighted by Crippen LogP contribution is 2.40. The lowest BCUT2D eigenvalue weighted by Crippen LogP contribution is -2.41. The van der Waals surface area contributed by atoms with Gasteiger partial charge in [0, 0.05) is 25.2 Å². The van der Waals surface area contributed by atoms with Crippen molar-refractivity contribution >= 4 is 22.9 Å². The van der Waals surface area contributed by atoms with Crippen LogP contribution in [0.25, 0.3) is 11.0 Å². The monoisotopic (exact) mass is 388 g/mol. The summed E-state index contributed by atoms with van der Waals surface area (Å²) in [5.41, 5.74) is -0.380. The summed E-state index contributed by atoms with van der Waals surface area (Å²) in [6.07, 6.45) is 1.84. The zero-order valence-corrected chi connectivity index (χ0v) is 16.4. The number of carbonyl (C=O) groups is 2. The number of carboxylic acids is 1. The maximum Gasteiger partial charge on any atom is 0.330 e. The van der Waals surface area contributed by atoms with Crippen LogP contribution in [0.4, 0.5) is 0 Å². The molecule has 0 radical (unpaired) electrons. The highest BCUT2D eigenvalue weighted by atomic mass is 16.4. The maximum atomic E-state index is 13.1. The number of nitrogens with zero attached hydrogens (tertiary/aromatic N) is 3. The molecule has 0 bridgehead atoms. The summed E-state index contributed by atoms with van der Waals surface area (Å²) < 4.78 is 1.38. The van der Waals surface area contributed by atoms with Gasteiger partial charge in [-0.1, -0.05) is 13.8 Å². The van der Waals surface area contributed by atoms with Gasteiger partial charge in [0.2, 0.25) is 0 Å². The molecule has 1 amide bonds. The maximum absolute atomic E-state index is 13.1. The van der Waals surface area contributed by atoms with E-state index in [0.29, 0.717) is 12.2 Å². The fraction of sp³-hybridized carbons (Fsp3) is 0.526. The molecule has 1 fully saturated rings. The zero-order chi connectivity index (χ0) is 20.7. The first kappa shape index (κ1) is 19.8. The quantitative estimate of drug-likeness (QED) is 0.765. The van der Waals surface area contributed by atoms with Gasteiger partial charge in [0.05, 0.1) is 10.9 Å². The van der Waals surface area contributed by atoms with Crippen LogP contribution in [0.15, 0.2) is 15.7 Å². The first-order chi connectivity index (χ1) is 13.1. The lowest BCUT2D eigenvalue weighted by Gasteiger charge is -2.22. The lowest BCUT2D eigenvalue weighted by atomic mass is 10.1. The molecular weight excluding hydrogens is 364 g/mol. The third kappa shape index (κ3) is 3.56. The minimum absolute atomic E-state index is 0.0130. The Morgan fingerprint density at radius 1 is 1.32 bits per heavy atom. The third-order valence-corrected chi connectivity index (χ3v) is 5.00. The number of rotatable bonds is 6. The zero-order valence-electron chi connectivity index (χ0n) is 16.4. The second-order valence-electron chi connectivity index (χ2n) is 7.76. The number of aromatic amines is 1.